The van der Waals surface area contributed by atoms with E-state index in [2.05, 4.69) is 30.5 Å². The lowest BCUT2D eigenvalue weighted by Crippen LogP contribution is -2.24. The number of rotatable bonds is 7. The summed E-state index contributed by atoms with van der Waals surface area (Å²) >= 11 is 6.39. The summed E-state index contributed by atoms with van der Waals surface area (Å²) in [6.45, 7) is 6.16. The highest BCUT2D eigenvalue weighted by Crippen LogP contribution is 2.36. The smallest absolute Gasteiger partial charge is 0.227 e. The number of amides is 1. The molecular weight excluding hydrogens is 446 g/mol. The van der Waals surface area contributed by atoms with E-state index >= 15 is 0 Å². The maximum Gasteiger partial charge on any atom is 0.227 e. The van der Waals surface area contributed by atoms with Crippen LogP contribution in [0, 0.1) is 13.8 Å². The molecule has 4 aromatic rings. The highest BCUT2D eigenvalue weighted by atomic mass is 35.5. The molecule has 34 heavy (non-hydrogen) atoms. The Kier molecular flexibility index (Phi) is 6.29. The van der Waals surface area contributed by atoms with Crippen molar-refractivity contribution in [3.8, 4) is 5.75 Å². The SMILES string of the molecule is Cc1cccc(OCCCn2c(C3CC(=O)N(c4ccccc4Cl)C3)nc3ccccc32)c1C. The molecule has 1 amide bonds. The van der Waals surface area contributed by atoms with Crippen LogP contribution in [0.15, 0.2) is 66.7 Å². The second-order valence-corrected chi connectivity index (χ2v) is 9.27. The van der Waals surface area contributed by atoms with Crippen LogP contribution in [0.5, 0.6) is 5.75 Å². The van der Waals surface area contributed by atoms with Gasteiger partial charge in [-0.3, -0.25) is 4.79 Å². The van der Waals surface area contributed by atoms with Gasteiger partial charge in [-0.25, -0.2) is 4.98 Å². The fourth-order valence-electron chi connectivity index (χ4n) is 4.71. The van der Waals surface area contributed by atoms with Gasteiger partial charge in [-0.1, -0.05) is 48.0 Å². The monoisotopic (exact) mass is 473 g/mol. The van der Waals surface area contributed by atoms with Gasteiger partial charge in [0.05, 0.1) is 28.4 Å². The molecule has 1 saturated heterocycles. The Hall–Kier alpha value is -3.31. The summed E-state index contributed by atoms with van der Waals surface area (Å²) in [6, 6.07) is 21.8. The van der Waals surface area contributed by atoms with Gasteiger partial charge < -0.3 is 14.2 Å². The quantitative estimate of drug-likeness (QED) is 0.296. The zero-order valence-corrected chi connectivity index (χ0v) is 20.3. The zero-order chi connectivity index (χ0) is 23.7. The molecule has 174 valence electrons. The first-order chi connectivity index (χ1) is 16.5. The van der Waals surface area contributed by atoms with Gasteiger partial charge in [-0.15, -0.1) is 0 Å². The van der Waals surface area contributed by atoms with Crippen molar-refractivity contribution in [2.75, 3.05) is 18.1 Å². The van der Waals surface area contributed by atoms with E-state index in [0.717, 1.165) is 41.3 Å². The number of anilines is 1. The third-order valence-electron chi connectivity index (χ3n) is 6.66. The van der Waals surface area contributed by atoms with Gasteiger partial charge in [0, 0.05) is 25.4 Å². The van der Waals surface area contributed by atoms with E-state index in [1.54, 1.807) is 4.90 Å². The van der Waals surface area contributed by atoms with Crippen molar-refractivity contribution < 1.29 is 9.53 Å². The largest absolute Gasteiger partial charge is 0.493 e. The summed E-state index contributed by atoms with van der Waals surface area (Å²) < 4.78 is 8.35. The van der Waals surface area contributed by atoms with Gasteiger partial charge in [-0.2, -0.15) is 0 Å². The highest BCUT2D eigenvalue weighted by Gasteiger charge is 2.35. The van der Waals surface area contributed by atoms with E-state index in [0.29, 0.717) is 24.6 Å². The number of benzene rings is 3. The molecule has 1 aliphatic heterocycles. The second-order valence-electron chi connectivity index (χ2n) is 8.87. The molecule has 0 aliphatic carbocycles. The Morgan fingerprint density at radius 1 is 1.03 bits per heavy atom. The van der Waals surface area contributed by atoms with Gasteiger partial charge in [-0.05, 0) is 61.7 Å². The Labute approximate surface area is 204 Å². The van der Waals surface area contributed by atoms with Crippen LogP contribution in [0.2, 0.25) is 5.02 Å². The number of hydrogen-bond donors (Lipinski definition) is 0. The summed E-state index contributed by atoms with van der Waals surface area (Å²) in [4.78, 5) is 19.7. The second kappa shape index (κ2) is 9.51. The van der Waals surface area contributed by atoms with Crippen LogP contribution in [0.4, 0.5) is 5.69 Å². The van der Waals surface area contributed by atoms with Gasteiger partial charge >= 0.3 is 0 Å². The number of nitrogens with zero attached hydrogens (tertiary/aromatic N) is 3. The molecule has 1 atom stereocenters. The zero-order valence-electron chi connectivity index (χ0n) is 19.5. The molecule has 1 aromatic heterocycles. The van der Waals surface area contributed by atoms with E-state index in [4.69, 9.17) is 21.3 Å². The van der Waals surface area contributed by atoms with Crippen LogP contribution in [0.1, 0.15) is 35.7 Å². The fraction of sp³-hybridized carbons (Fsp3) is 0.286. The van der Waals surface area contributed by atoms with Crippen LogP contribution in [-0.4, -0.2) is 28.6 Å². The molecule has 1 unspecified atom stereocenters. The first-order valence-electron chi connectivity index (χ1n) is 11.7. The minimum absolute atomic E-state index is 0.0103. The molecule has 0 radical (unpaired) electrons. The van der Waals surface area contributed by atoms with E-state index in [9.17, 15) is 4.79 Å². The topological polar surface area (TPSA) is 47.4 Å². The van der Waals surface area contributed by atoms with Crippen LogP contribution in [0.25, 0.3) is 11.0 Å². The van der Waals surface area contributed by atoms with E-state index in [1.807, 2.05) is 54.6 Å². The van der Waals surface area contributed by atoms with Gasteiger partial charge in [0.1, 0.15) is 11.6 Å². The number of fused-ring (bicyclic) bond motifs is 1. The number of aryl methyl sites for hydroxylation is 2. The Balaban J connectivity index is 1.36. The molecule has 0 spiro atoms. The van der Waals surface area contributed by atoms with Gasteiger partial charge in [0.15, 0.2) is 0 Å². The van der Waals surface area contributed by atoms with Crippen molar-refractivity contribution in [2.45, 2.75) is 39.2 Å². The molecular formula is C28H28ClN3O2. The van der Waals surface area contributed by atoms with E-state index in [1.165, 1.54) is 11.1 Å². The summed E-state index contributed by atoms with van der Waals surface area (Å²) in [7, 11) is 0. The normalized spacial score (nSPS) is 15.9. The lowest BCUT2D eigenvalue weighted by Gasteiger charge is -2.18. The third kappa shape index (κ3) is 4.28. The molecule has 5 rings (SSSR count). The summed E-state index contributed by atoms with van der Waals surface area (Å²) in [5, 5.41) is 0.591. The summed E-state index contributed by atoms with van der Waals surface area (Å²) in [5.74, 6) is 1.98. The van der Waals surface area contributed by atoms with Crippen molar-refractivity contribution in [1.29, 1.82) is 0 Å². The molecule has 5 nitrogen and oxygen atoms in total. The maximum absolute atomic E-state index is 12.9. The average Bonchev–Trinajstić information content (AvgIpc) is 3.40. The van der Waals surface area contributed by atoms with Gasteiger partial charge in [0.2, 0.25) is 5.91 Å². The standard InChI is InChI=1S/C28H28ClN3O2/c1-19-9-7-14-26(20(19)2)34-16-8-15-31-25-13-6-4-11-23(25)30-28(31)21-17-27(33)32(18-21)24-12-5-3-10-22(24)29/h3-7,9-14,21H,8,15-18H2,1-2H3. The van der Waals surface area contributed by atoms with E-state index < -0.39 is 0 Å². The number of halogens is 1. The van der Waals surface area contributed by atoms with Crippen LogP contribution < -0.4 is 9.64 Å². The van der Waals surface area contributed by atoms with Crippen molar-refractivity contribution in [3.05, 3.63) is 88.7 Å². The van der Waals surface area contributed by atoms with Gasteiger partial charge in [0.25, 0.3) is 0 Å². The number of ether oxygens (including phenoxy) is 1. The lowest BCUT2D eigenvalue weighted by atomic mass is 10.1. The Morgan fingerprint density at radius 2 is 1.82 bits per heavy atom. The fourth-order valence-corrected chi connectivity index (χ4v) is 4.95. The summed E-state index contributed by atoms with van der Waals surface area (Å²) in [5.41, 5.74) is 5.22. The van der Waals surface area contributed by atoms with Crippen LogP contribution in [-0.2, 0) is 11.3 Å². The molecule has 0 saturated carbocycles. The predicted octanol–water partition coefficient (Wildman–Crippen LogP) is 6.30. The molecule has 1 aliphatic rings. The van der Waals surface area contributed by atoms with Crippen molar-refractivity contribution in [1.82, 2.24) is 9.55 Å². The number of carbonyl (C=O) groups excluding carboxylic acids is 1. The number of para-hydroxylation sites is 3. The van der Waals surface area contributed by atoms with Crippen molar-refractivity contribution >= 4 is 34.2 Å². The minimum Gasteiger partial charge on any atom is -0.493 e. The third-order valence-corrected chi connectivity index (χ3v) is 6.98. The predicted molar refractivity (Wildman–Crippen MR) is 137 cm³/mol. The number of carbonyl (C=O) groups is 1. The molecule has 6 heteroatoms. The Bertz CT molecular complexity index is 1350. The summed E-state index contributed by atoms with van der Waals surface area (Å²) in [6.07, 6.45) is 1.27. The maximum atomic E-state index is 12.9. The number of imidazole rings is 1. The molecule has 0 N–H and O–H groups in total. The first-order valence-corrected chi connectivity index (χ1v) is 12.1. The number of aromatic nitrogens is 2. The van der Waals surface area contributed by atoms with Crippen molar-refractivity contribution in [3.63, 3.8) is 0 Å². The van der Waals surface area contributed by atoms with Crippen LogP contribution in [0.3, 0.4) is 0 Å². The lowest BCUT2D eigenvalue weighted by molar-refractivity contribution is -0.117. The average molecular weight is 474 g/mol. The van der Waals surface area contributed by atoms with E-state index in [-0.39, 0.29) is 11.8 Å². The first kappa shape index (κ1) is 22.5. The molecule has 0 bridgehead atoms. The van der Waals surface area contributed by atoms with Crippen LogP contribution >= 0.6 is 11.6 Å². The minimum atomic E-state index is 0.0103. The molecule has 1 fully saturated rings. The highest BCUT2D eigenvalue weighted by molar-refractivity contribution is 6.33. The molecule has 3 aromatic carbocycles. The Morgan fingerprint density at radius 3 is 2.68 bits per heavy atom. The number of hydrogen-bond acceptors (Lipinski definition) is 3. The van der Waals surface area contributed by atoms with Crippen molar-refractivity contribution in [2.24, 2.45) is 0 Å². The molecule has 2 heterocycles.